The highest BCUT2D eigenvalue weighted by molar-refractivity contribution is 5.41. The third-order valence-electron chi connectivity index (χ3n) is 3.12. The first-order chi connectivity index (χ1) is 10.3. The number of benzene rings is 1. The molecular weight excluding hydrogens is 264 g/mol. The molecule has 112 valence electrons. The van der Waals surface area contributed by atoms with Crippen molar-refractivity contribution in [2.24, 2.45) is 5.73 Å². The molecule has 0 saturated heterocycles. The molecule has 0 spiro atoms. The van der Waals surface area contributed by atoms with Crippen molar-refractivity contribution in [3.05, 3.63) is 53.9 Å². The van der Waals surface area contributed by atoms with Crippen LogP contribution in [-0.4, -0.2) is 18.2 Å². The van der Waals surface area contributed by atoms with Crippen LogP contribution in [0.4, 0.5) is 0 Å². The maximum absolute atomic E-state index is 6.37. The summed E-state index contributed by atoms with van der Waals surface area (Å²) in [5.41, 5.74) is 8.23. The summed E-state index contributed by atoms with van der Waals surface area (Å²) in [6.07, 6.45) is 4.44. The Morgan fingerprint density at radius 3 is 2.71 bits per heavy atom. The zero-order valence-electron chi connectivity index (χ0n) is 12.6. The van der Waals surface area contributed by atoms with Crippen molar-refractivity contribution in [2.45, 2.75) is 26.3 Å². The Bertz CT molecular complexity index is 572. The lowest BCUT2D eigenvalue weighted by Gasteiger charge is -2.17. The number of hydrogen-bond donors (Lipinski definition) is 1. The quantitative estimate of drug-likeness (QED) is 0.848. The third-order valence-corrected chi connectivity index (χ3v) is 3.12. The van der Waals surface area contributed by atoms with Crippen LogP contribution < -0.4 is 15.2 Å². The minimum Gasteiger partial charge on any atom is -0.494 e. The Balaban J connectivity index is 2.25. The predicted octanol–water partition coefficient (Wildman–Crippen LogP) is 3.32. The number of nitrogens with two attached hydrogens (primary N) is 1. The molecule has 2 aromatic rings. The topological polar surface area (TPSA) is 57.4 Å². The summed E-state index contributed by atoms with van der Waals surface area (Å²) in [7, 11) is 0. The Hall–Kier alpha value is -2.07. The maximum atomic E-state index is 6.37. The second kappa shape index (κ2) is 7.64. The highest BCUT2D eigenvalue weighted by Crippen LogP contribution is 2.29. The summed E-state index contributed by atoms with van der Waals surface area (Å²) in [5, 5.41) is 0. The van der Waals surface area contributed by atoms with Gasteiger partial charge in [-0.2, -0.15) is 0 Å². The molecule has 0 aliphatic heterocycles. The summed E-state index contributed by atoms with van der Waals surface area (Å²) < 4.78 is 11.3. The van der Waals surface area contributed by atoms with Gasteiger partial charge in [-0.3, -0.25) is 4.98 Å². The van der Waals surface area contributed by atoms with Gasteiger partial charge in [-0.15, -0.1) is 0 Å². The van der Waals surface area contributed by atoms with Crippen LogP contribution in [0.5, 0.6) is 11.5 Å². The first-order valence-electron chi connectivity index (χ1n) is 7.31. The van der Waals surface area contributed by atoms with Crippen LogP contribution in [0.3, 0.4) is 0 Å². The molecule has 0 amide bonds. The van der Waals surface area contributed by atoms with E-state index in [9.17, 15) is 0 Å². The highest BCUT2D eigenvalue weighted by atomic mass is 16.5. The second-order valence-corrected chi connectivity index (χ2v) is 4.75. The molecule has 2 rings (SSSR count). The van der Waals surface area contributed by atoms with Gasteiger partial charge in [-0.1, -0.05) is 25.1 Å². The van der Waals surface area contributed by atoms with E-state index in [2.05, 4.69) is 11.9 Å². The molecule has 21 heavy (non-hydrogen) atoms. The highest BCUT2D eigenvalue weighted by Gasteiger charge is 2.14. The fourth-order valence-corrected chi connectivity index (χ4v) is 2.11. The standard InChI is InChI=1S/C17H22N2O2/c1-3-9-21-14-10-13(11-19-12-14)17(18)15-7-5-6-8-16(15)20-4-2/h5-8,10-12,17H,3-4,9,18H2,1-2H3. The number of hydrogen-bond acceptors (Lipinski definition) is 4. The molecular formula is C17H22N2O2. The van der Waals surface area contributed by atoms with Crippen LogP contribution in [0.15, 0.2) is 42.7 Å². The molecule has 2 N–H and O–H groups in total. The number of para-hydroxylation sites is 1. The zero-order valence-corrected chi connectivity index (χ0v) is 12.6. The normalized spacial score (nSPS) is 12.0. The molecule has 1 aromatic carbocycles. The van der Waals surface area contributed by atoms with Gasteiger partial charge in [0.1, 0.15) is 11.5 Å². The fourth-order valence-electron chi connectivity index (χ4n) is 2.11. The van der Waals surface area contributed by atoms with Crippen molar-refractivity contribution in [1.29, 1.82) is 0 Å². The molecule has 0 saturated carbocycles. The van der Waals surface area contributed by atoms with E-state index in [-0.39, 0.29) is 6.04 Å². The van der Waals surface area contributed by atoms with Gasteiger partial charge in [0.15, 0.2) is 0 Å². The Morgan fingerprint density at radius 1 is 1.14 bits per heavy atom. The van der Waals surface area contributed by atoms with Crippen LogP contribution in [0.1, 0.15) is 37.4 Å². The van der Waals surface area contributed by atoms with E-state index in [1.807, 2.05) is 37.3 Å². The summed E-state index contributed by atoms with van der Waals surface area (Å²) in [5.74, 6) is 1.56. The average molecular weight is 286 g/mol. The molecule has 0 aliphatic rings. The smallest absolute Gasteiger partial charge is 0.137 e. The first kappa shape index (κ1) is 15.3. The molecule has 1 unspecified atom stereocenters. The van der Waals surface area contributed by atoms with Gasteiger partial charge >= 0.3 is 0 Å². The lowest BCUT2D eigenvalue weighted by Crippen LogP contribution is -2.14. The van der Waals surface area contributed by atoms with E-state index in [4.69, 9.17) is 15.2 Å². The minimum atomic E-state index is -0.287. The van der Waals surface area contributed by atoms with Crippen molar-refractivity contribution in [2.75, 3.05) is 13.2 Å². The van der Waals surface area contributed by atoms with Crippen molar-refractivity contribution in [1.82, 2.24) is 4.98 Å². The minimum absolute atomic E-state index is 0.287. The second-order valence-electron chi connectivity index (χ2n) is 4.75. The Kier molecular flexibility index (Phi) is 5.58. The molecule has 0 aliphatic carbocycles. The molecule has 4 nitrogen and oxygen atoms in total. The summed E-state index contributed by atoms with van der Waals surface area (Å²) in [4.78, 5) is 4.21. The molecule has 0 fully saturated rings. The van der Waals surface area contributed by atoms with Crippen LogP contribution in [0.25, 0.3) is 0 Å². The Morgan fingerprint density at radius 2 is 1.95 bits per heavy atom. The van der Waals surface area contributed by atoms with Gasteiger partial charge < -0.3 is 15.2 Å². The monoisotopic (exact) mass is 286 g/mol. The van der Waals surface area contributed by atoms with Crippen LogP contribution >= 0.6 is 0 Å². The summed E-state index contributed by atoms with van der Waals surface area (Å²) >= 11 is 0. The lowest BCUT2D eigenvalue weighted by atomic mass is 10.00. The average Bonchev–Trinajstić information content (AvgIpc) is 2.53. The molecule has 4 heteroatoms. The largest absolute Gasteiger partial charge is 0.494 e. The van der Waals surface area contributed by atoms with E-state index >= 15 is 0 Å². The van der Waals surface area contributed by atoms with E-state index in [0.29, 0.717) is 13.2 Å². The number of pyridine rings is 1. The maximum Gasteiger partial charge on any atom is 0.137 e. The van der Waals surface area contributed by atoms with E-state index in [0.717, 1.165) is 29.0 Å². The van der Waals surface area contributed by atoms with E-state index < -0.39 is 0 Å². The van der Waals surface area contributed by atoms with Crippen molar-refractivity contribution >= 4 is 0 Å². The van der Waals surface area contributed by atoms with E-state index in [1.165, 1.54) is 0 Å². The fraction of sp³-hybridized carbons (Fsp3) is 0.353. The van der Waals surface area contributed by atoms with Gasteiger partial charge in [-0.25, -0.2) is 0 Å². The number of nitrogens with zero attached hydrogens (tertiary/aromatic N) is 1. The molecule has 1 atom stereocenters. The van der Waals surface area contributed by atoms with Gasteiger partial charge in [0.2, 0.25) is 0 Å². The van der Waals surface area contributed by atoms with Gasteiger partial charge in [0.25, 0.3) is 0 Å². The molecule has 0 radical (unpaired) electrons. The molecule has 1 heterocycles. The summed E-state index contributed by atoms with van der Waals surface area (Å²) in [6, 6.07) is 9.47. The first-order valence-corrected chi connectivity index (χ1v) is 7.31. The molecule has 1 aromatic heterocycles. The summed E-state index contributed by atoms with van der Waals surface area (Å²) in [6.45, 7) is 5.32. The number of ether oxygens (including phenoxy) is 2. The van der Waals surface area contributed by atoms with Crippen LogP contribution in [0.2, 0.25) is 0 Å². The Labute approximate surface area is 125 Å². The van der Waals surface area contributed by atoms with Crippen molar-refractivity contribution in [3.63, 3.8) is 0 Å². The van der Waals surface area contributed by atoms with E-state index in [1.54, 1.807) is 12.4 Å². The number of aromatic nitrogens is 1. The molecule has 0 bridgehead atoms. The third kappa shape index (κ3) is 3.95. The zero-order chi connectivity index (χ0) is 15.1. The van der Waals surface area contributed by atoms with Crippen molar-refractivity contribution < 1.29 is 9.47 Å². The van der Waals surface area contributed by atoms with Crippen molar-refractivity contribution in [3.8, 4) is 11.5 Å². The van der Waals surface area contributed by atoms with Gasteiger partial charge in [-0.05, 0) is 31.0 Å². The van der Waals surface area contributed by atoms with Crippen LogP contribution in [-0.2, 0) is 0 Å². The number of rotatable bonds is 7. The SMILES string of the molecule is CCCOc1cncc(C(N)c2ccccc2OCC)c1. The lowest BCUT2D eigenvalue weighted by molar-refractivity contribution is 0.315. The predicted molar refractivity (Wildman–Crippen MR) is 83.7 cm³/mol. The van der Waals surface area contributed by atoms with Gasteiger partial charge in [0, 0.05) is 11.8 Å². The van der Waals surface area contributed by atoms with Gasteiger partial charge in [0.05, 0.1) is 25.5 Å². The van der Waals surface area contributed by atoms with Crippen LogP contribution in [0, 0.1) is 0 Å².